The van der Waals surface area contributed by atoms with E-state index in [0.29, 0.717) is 12.2 Å². The Morgan fingerprint density at radius 1 is 1.05 bits per heavy atom. The van der Waals surface area contributed by atoms with Crippen LogP contribution in [0.5, 0.6) is 0 Å². The maximum Gasteiger partial charge on any atom is 0.0674 e. The summed E-state index contributed by atoms with van der Waals surface area (Å²) in [7, 11) is 0. The Morgan fingerprint density at radius 3 is 2.58 bits per heavy atom. The summed E-state index contributed by atoms with van der Waals surface area (Å²) >= 11 is 8.63. The minimum atomic E-state index is -0.345. The van der Waals surface area contributed by atoms with Crippen molar-refractivity contribution in [1.29, 1.82) is 0 Å². The summed E-state index contributed by atoms with van der Waals surface area (Å²) in [5.74, 6) is 0.692. The fraction of sp³-hybridized carbons (Fsp3) is 0.200. The number of rotatable bonds is 5. The molecule has 1 N–H and O–H groups in total. The molecule has 2 aromatic carbocycles. The first-order valence-electron chi connectivity index (χ1n) is 5.95. The van der Waals surface area contributed by atoms with Crippen molar-refractivity contribution in [3.05, 3.63) is 63.0 Å². The normalized spacial score (nSPS) is 12.4. The molecule has 0 aliphatic carbocycles. The Hall–Kier alpha value is -0.290. The lowest BCUT2D eigenvalue weighted by atomic mass is 10.1. The zero-order valence-corrected chi connectivity index (χ0v) is 14.2. The lowest BCUT2D eigenvalue weighted by Crippen LogP contribution is -2.13. The molecule has 0 aliphatic rings. The van der Waals surface area contributed by atoms with Gasteiger partial charge in [-0.25, -0.2) is 0 Å². The zero-order valence-electron chi connectivity index (χ0n) is 10.2. The van der Waals surface area contributed by atoms with Crippen LogP contribution >= 0.6 is 43.6 Å². The van der Waals surface area contributed by atoms with Crippen LogP contribution < -0.4 is 0 Å². The van der Waals surface area contributed by atoms with Crippen molar-refractivity contribution in [2.75, 3.05) is 5.75 Å². The number of halogens is 2. The van der Waals surface area contributed by atoms with E-state index < -0.39 is 0 Å². The van der Waals surface area contributed by atoms with Crippen LogP contribution in [0.3, 0.4) is 0 Å². The smallest absolute Gasteiger partial charge is 0.0674 e. The summed E-state index contributed by atoms with van der Waals surface area (Å²) in [4.78, 5) is 1.17. The van der Waals surface area contributed by atoms with E-state index in [1.807, 2.05) is 36.4 Å². The number of aliphatic hydroxyl groups excluding tert-OH is 1. The molecule has 1 atom stereocenters. The quantitative estimate of drug-likeness (QED) is 0.718. The van der Waals surface area contributed by atoms with Gasteiger partial charge >= 0.3 is 0 Å². The highest BCUT2D eigenvalue weighted by molar-refractivity contribution is 9.10. The van der Waals surface area contributed by atoms with Crippen molar-refractivity contribution in [1.82, 2.24) is 0 Å². The molecule has 19 heavy (non-hydrogen) atoms. The number of thioether (sulfide) groups is 1. The lowest BCUT2D eigenvalue weighted by molar-refractivity contribution is 0.200. The topological polar surface area (TPSA) is 20.2 Å². The predicted molar refractivity (Wildman–Crippen MR) is 88.7 cm³/mol. The summed E-state index contributed by atoms with van der Waals surface area (Å²) in [6, 6.07) is 16.1. The summed E-state index contributed by atoms with van der Waals surface area (Å²) in [5.41, 5.74) is 1.14. The molecular weight excluding hydrogens is 388 g/mol. The minimum Gasteiger partial charge on any atom is -0.392 e. The molecule has 0 amide bonds. The Morgan fingerprint density at radius 2 is 1.84 bits per heavy atom. The fourth-order valence-electron chi connectivity index (χ4n) is 1.73. The van der Waals surface area contributed by atoms with Gasteiger partial charge in [-0.2, -0.15) is 0 Å². The van der Waals surface area contributed by atoms with Crippen molar-refractivity contribution in [3.63, 3.8) is 0 Å². The molecule has 0 bridgehead atoms. The Kier molecular flexibility index (Phi) is 5.95. The lowest BCUT2D eigenvalue weighted by Gasteiger charge is -2.11. The van der Waals surface area contributed by atoms with Gasteiger partial charge in [0.1, 0.15) is 0 Å². The zero-order chi connectivity index (χ0) is 13.7. The third kappa shape index (κ3) is 4.95. The largest absolute Gasteiger partial charge is 0.392 e. The Labute approximate surface area is 134 Å². The van der Waals surface area contributed by atoms with Gasteiger partial charge < -0.3 is 5.11 Å². The Bertz CT molecular complexity index is 545. The first-order chi connectivity index (χ1) is 9.15. The molecule has 1 nitrogen and oxygen atoms in total. The minimum absolute atomic E-state index is 0.345. The van der Waals surface area contributed by atoms with Crippen molar-refractivity contribution >= 4 is 43.6 Å². The summed E-state index contributed by atoms with van der Waals surface area (Å²) in [6.45, 7) is 0. The van der Waals surface area contributed by atoms with Crippen LogP contribution in [0.25, 0.3) is 0 Å². The maximum absolute atomic E-state index is 10.1. The van der Waals surface area contributed by atoms with E-state index in [9.17, 15) is 5.11 Å². The maximum atomic E-state index is 10.1. The van der Waals surface area contributed by atoms with Crippen LogP contribution in [-0.2, 0) is 6.42 Å². The monoisotopic (exact) mass is 400 g/mol. The van der Waals surface area contributed by atoms with Crippen LogP contribution in [0.15, 0.2) is 62.4 Å². The van der Waals surface area contributed by atoms with Gasteiger partial charge in [0.25, 0.3) is 0 Å². The van der Waals surface area contributed by atoms with E-state index in [1.165, 1.54) is 4.90 Å². The van der Waals surface area contributed by atoms with Gasteiger partial charge in [-0.15, -0.1) is 11.8 Å². The highest BCUT2D eigenvalue weighted by Crippen LogP contribution is 2.24. The van der Waals surface area contributed by atoms with Gasteiger partial charge in [0.2, 0.25) is 0 Å². The van der Waals surface area contributed by atoms with Gasteiger partial charge in [-0.1, -0.05) is 56.1 Å². The van der Waals surface area contributed by atoms with Gasteiger partial charge in [0, 0.05) is 26.0 Å². The molecule has 0 aromatic heterocycles. The molecule has 0 saturated carbocycles. The highest BCUT2D eigenvalue weighted by atomic mass is 79.9. The molecular formula is C15H14Br2OS. The van der Waals surface area contributed by atoms with Gasteiger partial charge in [-0.3, -0.25) is 0 Å². The van der Waals surface area contributed by atoms with Crippen molar-refractivity contribution in [2.24, 2.45) is 0 Å². The number of hydrogen-bond donors (Lipinski definition) is 1. The molecule has 0 spiro atoms. The molecule has 2 rings (SSSR count). The van der Waals surface area contributed by atoms with E-state index in [1.54, 1.807) is 11.8 Å². The molecule has 0 radical (unpaired) electrons. The number of hydrogen-bond acceptors (Lipinski definition) is 2. The van der Waals surface area contributed by atoms with Crippen LogP contribution in [0.2, 0.25) is 0 Å². The SMILES string of the molecule is OC(CSc1cccc(Br)c1)Cc1ccccc1Br. The summed E-state index contributed by atoms with van der Waals surface area (Å²) in [6.07, 6.45) is 0.324. The van der Waals surface area contributed by atoms with E-state index in [4.69, 9.17) is 0 Å². The molecule has 1 unspecified atom stereocenters. The molecule has 0 aliphatic heterocycles. The second-order valence-electron chi connectivity index (χ2n) is 4.22. The predicted octanol–water partition coefficient (Wildman–Crippen LogP) is 4.91. The van der Waals surface area contributed by atoms with E-state index in [2.05, 4.69) is 44.0 Å². The second kappa shape index (κ2) is 7.48. The van der Waals surface area contributed by atoms with Gasteiger partial charge in [0.15, 0.2) is 0 Å². The van der Waals surface area contributed by atoms with E-state index in [0.717, 1.165) is 14.5 Å². The van der Waals surface area contributed by atoms with E-state index in [-0.39, 0.29) is 6.10 Å². The van der Waals surface area contributed by atoms with Crippen LogP contribution in [0.1, 0.15) is 5.56 Å². The Balaban J connectivity index is 1.88. The number of benzene rings is 2. The molecule has 2 aromatic rings. The van der Waals surface area contributed by atoms with Crippen LogP contribution in [0, 0.1) is 0 Å². The van der Waals surface area contributed by atoms with Crippen molar-refractivity contribution < 1.29 is 5.11 Å². The average molecular weight is 402 g/mol. The summed E-state index contributed by atoms with van der Waals surface area (Å²) < 4.78 is 2.12. The van der Waals surface area contributed by atoms with Gasteiger partial charge in [0.05, 0.1) is 6.10 Å². The molecule has 0 heterocycles. The molecule has 0 fully saturated rings. The summed E-state index contributed by atoms with van der Waals surface area (Å²) in [5, 5.41) is 10.1. The first kappa shape index (κ1) is 15.1. The second-order valence-corrected chi connectivity index (χ2v) is 7.08. The third-order valence-electron chi connectivity index (χ3n) is 2.65. The molecule has 0 saturated heterocycles. The third-order valence-corrected chi connectivity index (χ3v) is 5.06. The van der Waals surface area contributed by atoms with Crippen LogP contribution in [0.4, 0.5) is 0 Å². The van der Waals surface area contributed by atoms with Crippen molar-refractivity contribution in [2.45, 2.75) is 17.4 Å². The van der Waals surface area contributed by atoms with E-state index >= 15 is 0 Å². The van der Waals surface area contributed by atoms with Crippen molar-refractivity contribution in [3.8, 4) is 0 Å². The highest BCUT2D eigenvalue weighted by Gasteiger charge is 2.08. The molecule has 100 valence electrons. The molecule has 4 heteroatoms. The number of aliphatic hydroxyl groups is 1. The first-order valence-corrected chi connectivity index (χ1v) is 8.52. The average Bonchev–Trinajstić information content (AvgIpc) is 2.39. The fourth-order valence-corrected chi connectivity index (χ4v) is 3.61. The van der Waals surface area contributed by atoms with Crippen LogP contribution in [-0.4, -0.2) is 17.0 Å². The van der Waals surface area contributed by atoms with Gasteiger partial charge in [-0.05, 0) is 29.8 Å². The standard InChI is InChI=1S/C15H14Br2OS/c16-12-5-3-6-14(9-12)19-10-13(18)8-11-4-1-2-7-15(11)17/h1-7,9,13,18H,8,10H2.